The minimum atomic E-state index is -0.413. The van der Waals surface area contributed by atoms with E-state index in [1.807, 2.05) is 13.0 Å². The number of carbonyl (C=O) groups is 2. The van der Waals surface area contributed by atoms with Gasteiger partial charge in [0.25, 0.3) is 11.8 Å². The summed E-state index contributed by atoms with van der Waals surface area (Å²) >= 11 is 5.84. The van der Waals surface area contributed by atoms with Crippen molar-refractivity contribution in [3.63, 3.8) is 0 Å². The number of nitrogens with one attached hydrogen (secondary N) is 2. The first-order valence-corrected chi connectivity index (χ1v) is 7.35. The van der Waals surface area contributed by atoms with E-state index in [4.69, 9.17) is 11.6 Å². The SMILES string of the molecule is Cc1cccc(C(=O)NCC(=O)NN=Cc2cccc(Cl)c2)c1. The molecule has 2 aromatic carbocycles. The minimum absolute atomic E-state index is 0.153. The molecule has 2 aromatic rings. The Morgan fingerprint density at radius 3 is 2.70 bits per heavy atom. The molecule has 5 nitrogen and oxygen atoms in total. The molecule has 6 heteroatoms. The van der Waals surface area contributed by atoms with Gasteiger partial charge in [0.2, 0.25) is 0 Å². The van der Waals surface area contributed by atoms with Crippen LogP contribution < -0.4 is 10.7 Å². The second-order valence-corrected chi connectivity index (χ2v) is 5.34. The fourth-order valence-electron chi connectivity index (χ4n) is 1.85. The zero-order valence-electron chi connectivity index (χ0n) is 12.5. The summed E-state index contributed by atoms with van der Waals surface area (Å²) in [4.78, 5) is 23.5. The zero-order valence-corrected chi connectivity index (χ0v) is 13.3. The van der Waals surface area contributed by atoms with E-state index in [9.17, 15) is 9.59 Å². The number of aryl methyl sites for hydroxylation is 1. The molecule has 0 saturated carbocycles. The van der Waals surface area contributed by atoms with Crippen LogP contribution in [0.2, 0.25) is 5.02 Å². The van der Waals surface area contributed by atoms with Crippen LogP contribution in [0.1, 0.15) is 21.5 Å². The minimum Gasteiger partial charge on any atom is -0.343 e. The van der Waals surface area contributed by atoms with Crippen molar-refractivity contribution in [2.45, 2.75) is 6.92 Å². The van der Waals surface area contributed by atoms with Gasteiger partial charge in [-0.05, 0) is 36.8 Å². The number of rotatable bonds is 5. The maximum absolute atomic E-state index is 11.9. The first-order valence-electron chi connectivity index (χ1n) is 6.97. The van der Waals surface area contributed by atoms with E-state index in [1.54, 1.807) is 42.5 Å². The van der Waals surface area contributed by atoms with E-state index in [0.29, 0.717) is 10.6 Å². The van der Waals surface area contributed by atoms with Crippen molar-refractivity contribution in [1.29, 1.82) is 0 Å². The second-order valence-electron chi connectivity index (χ2n) is 4.90. The molecule has 2 amide bonds. The molecule has 0 spiro atoms. The molecule has 0 unspecified atom stereocenters. The van der Waals surface area contributed by atoms with E-state index < -0.39 is 5.91 Å². The highest BCUT2D eigenvalue weighted by atomic mass is 35.5. The Morgan fingerprint density at radius 1 is 1.17 bits per heavy atom. The van der Waals surface area contributed by atoms with Crippen LogP contribution >= 0.6 is 11.6 Å². The average molecular weight is 330 g/mol. The Balaban J connectivity index is 1.80. The van der Waals surface area contributed by atoms with Gasteiger partial charge in [0.1, 0.15) is 0 Å². The number of benzene rings is 2. The van der Waals surface area contributed by atoms with Gasteiger partial charge in [-0.2, -0.15) is 5.10 Å². The first kappa shape index (κ1) is 16.7. The Bertz CT molecular complexity index is 744. The van der Waals surface area contributed by atoms with Crippen LogP contribution in [0.15, 0.2) is 53.6 Å². The number of nitrogens with zero attached hydrogens (tertiary/aromatic N) is 1. The van der Waals surface area contributed by atoms with Crippen LogP contribution in [0.4, 0.5) is 0 Å². The topological polar surface area (TPSA) is 70.6 Å². The fraction of sp³-hybridized carbons (Fsp3) is 0.118. The summed E-state index contributed by atoms with van der Waals surface area (Å²) in [5.74, 6) is -0.716. The molecule has 0 bridgehead atoms. The van der Waals surface area contributed by atoms with Crippen LogP contribution in [0, 0.1) is 6.92 Å². The Morgan fingerprint density at radius 2 is 1.96 bits per heavy atom. The Labute approximate surface area is 139 Å². The molecule has 0 saturated heterocycles. The molecule has 0 atom stereocenters. The number of amides is 2. The molecule has 2 rings (SSSR count). The highest BCUT2D eigenvalue weighted by Crippen LogP contribution is 2.08. The molecule has 0 aliphatic heterocycles. The molecule has 0 aliphatic carbocycles. The number of hydrogen-bond acceptors (Lipinski definition) is 3. The largest absolute Gasteiger partial charge is 0.343 e. The van der Waals surface area contributed by atoms with Crippen LogP contribution in [-0.2, 0) is 4.79 Å². The van der Waals surface area contributed by atoms with Gasteiger partial charge < -0.3 is 5.32 Å². The molecule has 23 heavy (non-hydrogen) atoms. The summed E-state index contributed by atoms with van der Waals surface area (Å²) in [5.41, 5.74) is 4.60. The van der Waals surface area contributed by atoms with Gasteiger partial charge in [-0.25, -0.2) is 5.43 Å². The van der Waals surface area contributed by atoms with E-state index >= 15 is 0 Å². The van der Waals surface area contributed by atoms with Crippen molar-refractivity contribution in [1.82, 2.24) is 10.7 Å². The molecule has 2 N–H and O–H groups in total. The maximum Gasteiger partial charge on any atom is 0.259 e. The van der Waals surface area contributed by atoms with Gasteiger partial charge >= 0.3 is 0 Å². The third-order valence-electron chi connectivity index (χ3n) is 2.94. The first-order chi connectivity index (χ1) is 11.0. The fourth-order valence-corrected chi connectivity index (χ4v) is 2.05. The lowest BCUT2D eigenvalue weighted by atomic mass is 10.1. The highest BCUT2D eigenvalue weighted by Gasteiger charge is 2.07. The summed E-state index contributed by atoms with van der Waals surface area (Å²) in [5, 5.41) is 6.94. The summed E-state index contributed by atoms with van der Waals surface area (Å²) in [7, 11) is 0. The number of hydrazone groups is 1. The van der Waals surface area contributed by atoms with Crippen LogP contribution in [0.3, 0.4) is 0 Å². The predicted octanol–water partition coefficient (Wildman–Crippen LogP) is 2.53. The molecule has 0 fully saturated rings. The third kappa shape index (κ3) is 5.56. The lowest BCUT2D eigenvalue weighted by Gasteiger charge is -2.05. The predicted molar refractivity (Wildman–Crippen MR) is 90.7 cm³/mol. The van der Waals surface area contributed by atoms with Crippen LogP contribution in [-0.4, -0.2) is 24.6 Å². The van der Waals surface area contributed by atoms with Gasteiger partial charge in [-0.3, -0.25) is 9.59 Å². The molecular formula is C17H16ClN3O2. The third-order valence-corrected chi connectivity index (χ3v) is 3.18. The van der Waals surface area contributed by atoms with E-state index in [-0.39, 0.29) is 12.5 Å². The monoisotopic (exact) mass is 329 g/mol. The molecule has 0 aliphatic rings. The lowest BCUT2D eigenvalue weighted by molar-refractivity contribution is -0.120. The van der Waals surface area contributed by atoms with Gasteiger partial charge in [-0.1, -0.05) is 41.4 Å². The van der Waals surface area contributed by atoms with E-state index in [1.165, 1.54) is 6.21 Å². The second kappa shape index (κ2) is 8.10. The summed E-state index contributed by atoms with van der Waals surface area (Å²) < 4.78 is 0. The Hall–Kier alpha value is -2.66. The molecule has 0 aromatic heterocycles. The quantitative estimate of drug-likeness (QED) is 0.653. The van der Waals surface area contributed by atoms with Gasteiger partial charge in [0.05, 0.1) is 12.8 Å². The summed E-state index contributed by atoms with van der Waals surface area (Å²) in [6, 6.07) is 14.2. The van der Waals surface area contributed by atoms with Crippen LogP contribution in [0.25, 0.3) is 0 Å². The van der Waals surface area contributed by atoms with Crippen LogP contribution in [0.5, 0.6) is 0 Å². The average Bonchev–Trinajstić information content (AvgIpc) is 2.52. The highest BCUT2D eigenvalue weighted by molar-refractivity contribution is 6.30. The molecule has 118 valence electrons. The van der Waals surface area contributed by atoms with Crippen molar-refractivity contribution >= 4 is 29.6 Å². The van der Waals surface area contributed by atoms with Crippen molar-refractivity contribution < 1.29 is 9.59 Å². The molecular weight excluding hydrogens is 314 g/mol. The number of halogens is 1. The number of carbonyl (C=O) groups excluding carboxylic acids is 2. The lowest BCUT2D eigenvalue weighted by Crippen LogP contribution is -2.34. The normalized spacial score (nSPS) is 10.5. The van der Waals surface area contributed by atoms with Gasteiger partial charge in [0, 0.05) is 10.6 Å². The maximum atomic E-state index is 11.9. The standard InChI is InChI=1S/C17H16ClN3O2/c1-12-4-2-6-14(8-12)17(23)19-11-16(22)21-20-10-13-5-3-7-15(18)9-13/h2-10H,11H2,1H3,(H,19,23)(H,21,22). The summed E-state index contributed by atoms with van der Waals surface area (Å²) in [6.07, 6.45) is 1.48. The van der Waals surface area contributed by atoms with Crippen molar-refractivity contribution in [2.24, 2.45) is 5.10 Å². The van der Waals surface area contributed by atoms with Crippen molar-refractivity contribution in [3.8, 4) is 0 Å². The van der Waals surface area contributed by atoms with Gasteiger partial charge in [-0.15, -0.1) is 0 Å². The smallest absolute Gasteiger partial charge is 0.259 e. The van der Waals surface area contributed by atoms with E-state index in [0.717, 1.165) is 11.1 Å². The Kier molecular flexibility index (Phi) is 5.88. The van der Waals surface area contributed by atoms with Gasteiger partial charge in [0.15, 0.2) is 0 Å². The van der Waals surface area contributed by atoms with E-state index in [2.05, 4.69) is 15.8 Å². The molecule has 0 radical (unpaired) electrons. The van der Waals surface area contributed by atoms with Crippen molar-refractivity contribution in [2.75, 3.05) is 6.54 Å². The number of hydrogen-bond donors (Lipinski definition) is 2. The van der Waals surface area contributed by atoms with Crippen molar-refractivity contribution in [3.05, 3.63) is 70.2 Å². The summed E-state index contributed by atoms with van der Waals surface area (Å²) in [6.45, 7) is 1.74. The zero-order chi connectivity index (χ0) is 16.7. The molecule has 0 heterocycles.